The maximum atomic E-state index is 13.3. The summed E-state index contributed by atoms with van der Waals surface area (Å²) in [4.78, 5) is 18.8. The van der Waals surface area contributed by atoms with Crippen molar-refractivity contribution in [3.63, 3.8) is 0 Å². The Labute approximate surface area is 164 Å². The summed E-state index contributed by atoms with van der Waals surface area (Å²) in [5.74, 6) is 1.22. The number of furan rings is 1. The summed E-state index contributed by atoms with van der Waals surface area (Å²) >= 11 is 7.41. The Morgan fingerprint density at radius 2 is 2.07 bits per heavy atom. The van der Waals surface area contributed by atoms with E-state index in [0.717, 1.165) is 11.1 Å². The highest BCUT2D eigenvalue weighted by Crippen LogP contribution is 2.32. The van der Waals surface area contributed by atoms with E-state index in [2.05, 4.69) is 6.07 Å². The molecule has 0 amide bonds. The molecule has 0 aliphatic carbocycles. The van der Waals surface area contributed by atoms with Crippen LogP contribution in [0.25, 0.3) is 32.9 Å². The number of aromatic nitrogens is 2. The molecule has 0 fully saturated rings. The number of nitrogens with zero attached hydrogens (tertiary/aromatic N) is 3. The molecular weight excluding hydrogens is 382 g/mol. The number of hydrogen-bond acceptors (Lipinski definition) is 5. The summed E-state index contributed by atoms with van der Waals surface area (Å²) < 4.78 is 7.12. The van der Waals surface area contributed by atoms with Gasteiger partial charge in [0.25, 0.3) is 5.56 Å². The third-order valence-corrected chi connectivity index (χ3v) is 5.38. The molecule has 0 aliphatic rings. The Balaban J connectivity index is 1.94. The second-order valence-corrected chi connectivity index (χ2v) is 7.26. The molecule has 4 rings (SSSR count). The SMILES string of the molecule is N#CCCCn1c(-c2ccc(Cl)cc2)nc2scc(-c3ccco3)c2c1=O. The quantitative estimate of drug-likeness (QED) is 0.427. The summed E-state index contributed by atoms with van der Waals surface area (Å²) in [6.07, 6.45) is 2.53. The minimum absolute atomic E-state index is 0.129. The molecule has 0 aliphatic heterocycles. The molecule has 4 aromatic rings. The first-order valence-corrected chi connectivity index (χ1v) is 9.63. The predicted octanol–water partition coefficient (Wildman–Crippen LogP) is 5.34. The van der Waals surface area contributed by atoms with E-state index < -0.39 is 0 Å². The van der Waals surface area contributed by atoms with Crippen molar-refractivity contribution in [3.8, 4) is 28.8 Å². The molecule has 0 spiro atoms. The molecule has 3 aromatic heterocycles. The van der Waals surface area contributed by atoms with Crippen molar-refractivity contribution in [2.45, 2.75) is 19.4 Å². The highest BCUT2D eigenvalue weighted by Gasteiger charge is 2.19. The van der Waals surface area contributed by atoms with E-state index in [-0.39, 0.29) is 5.56 Å². The van der Waals surface area contributed by atoms with Gasteiger partial charge >= 0.3 is 0 Å². The number of halogens is 1. The van der Waals surface area contributed by atoms with Gasteiger partial charge in [0, 0.05) is 34.5 Å². The van der Waals surface area contributed by atoms with Crippen LogP contribution in [0.1, 0.15) is 12.8 Å². The van der Waals surface area contributed by atoms with E-state index in [1.54, 1.807) is 29.0 Å². The van der Waals surface area contributed by atoms with Crippen molar-refractivity contribution in [3.05, 3.63) is 63.4 Å². The molecule has 7 heteroatoms. The van der Waals surface area contributed by atoms with Crippen molar-refractivity contribution in [1.29, 1.82) is 5.26 Å². The van der Waals surface area contributed by atoms with Gasteiger partial charge in [-0.1, -0.05) is 11.6 Å². The Kier molecular flexibility index (Phi) is 4.80. The van der Waals surface area contributed by atoms with Crippen LogP contribution in [-0.2, 0) is 6.54 Å². The van der Waals surface area contributed by atoms with Crippen LogP contribution in [0, 0.1) is 11.3 Å². The van der Waals surface area contributed by atoms with Crippen molar-refractivity contribution < 1.29 is 4.42 Å². The fourth-order valence-electron chi connectivity index (χ4n) is 2.98. The van der Waals surface area contributed by atoms with E-state index in [4.69, 9.17) is 26.3 Å². The van der Waals surface area contributed by atoms with Crippen LogP contribution in [0.15, 0.2) is 57.3 Å². The maximum absolute atomic E-state index is 13.3. The monoisotopic (exact) mass is 395 g/mol. The van der Waals surface area contributed by atoms with Crippen molar-refractivity contribution in [1.82, 2.24) is 9.55 Å². The second kappa shape index (κ2) is 7.39. The molecule has 5 nitrogen and oxygen atoms in total. The first-order valence-electron chi connectivity index (χ1n) is 8.38. The van der Waals surface area contributed by atoms with Gasteiger partial charge in [0.1, 0.15) is 16.4 Å². The number of unbranched alkanes of at least 4 members (excludes halogenated alkanes) is 1. The molecular formula is C20H14ClN3O2S. The molecule has 1 aromatic carbocycles. The zero-order valence-corrected chi connectivity index (χ0v) is 15.8. The van der Waals surface area contributed by atoms with Gasteiger partial charge in [-0.3, -0.25) is 9.36 Å². The molecule has 27 heavy (non-hydrogen) atoms. The minimum Gasteiger partial charge on any atom is -0.464 e. The lowest BCUT2D eigenvalue weighted by Gasteiger charge is -2.12. The number of fused-ring (bicyclic) bond motifs is 1. The summed E-state index contributed by atoms with van der Waals surface area (Å²) in [6, 6.07) is 13.0. The molecule has 134 valence electrons. The van der Waals surface area contributed by atoms with Crippen molar-refractivity contribution in [2.75, 3.05) is 0 Å². The van der Waals surface area contributed by atoms with E-state index in [1.165, 1.54) is 11.3 Å². The Hall–Kier alpha value is -2.88. The molecule has 0 N–H and O–H groups in total. The molecule has 0 atom stereocenters. The van der Waals surface area contributed by atoms with Gasteiger partial charge in [-0.25, -0.2) is 4.98 Å². The van der Waals surface area contributed by atoms with Gasteiger partial charge in [0.15, 0.2) is 0 Å². The summed E-state index contributed by atoms with van der Waals surface area (Å²) in [5, 5.41) is 11.9. The lowest BCUT2D eigenvalue weighted by molar-refractivity contribution is 0.583. The van der Waals surface area contributed by atoms with Crippen LogP contribution in [-0.4, -0.2) is 9.55 Å². The van der Waals surface area contributed by atoms with Crippen LogP contribution in [0.5, 0.6) is 0 Å². The summed E-state index contributed by atoms with van der Waals surface area (Å²) in [7, 11) is 0. The molecule has 0 saturated heterocycles. The molecule has 0 unspecified atom stereocenters. The fourth-order valence-corrected chi connectivity index (χ4v) is 4.02. The van der Waals surface area contributed by atoms with Crippen LogP contribution >= 0.6 is 22.9 Å². The smallest absolute Gasteiger partial charge is 0.263 e. The highest BCUT2D eigenvalue weighted by molar-refractivity contribution is 7.17. The number of thiophene rings is 1. The van der Waals surface area contributed by atoms with Gasteiger partial charge < -0.3 is 4.42 Å². The van der Waals surface area contributed by atoms with E-state index >= 15 is 0 Å². The third kappa shape index (κ3) is 3.27. The normalized spacial score (nSPS) is 11.0. The lowest BCUT2D eigenvalue weighted by Crippen LogP contribution is -2.23. The van der Waals surface area contributed by atoms with Crippen LogP contribution in [0.3, 0.4) is 0 Å². The highest BCUT2D eigenvalue weighted by atomic mass is 35.5. The van der Waals surface area contributed by atoms with Gasteiger partial charge in [0.05, 0.1) is 17.7 Å². The van der Waals surface area contributed by atoms with Crippen LogP contribution in [0.4, 0.5) is 0 Å². The number of benzene rings is 1. The molecule has 0 bridgehead atoms. The zero-order chi connectivity index (χ0) is 18.8. The van der Waals surface area contributed by atoms with Gasteiger partial charge in [-0.05, 0) is 42.8 Å². The van der Waals surface area contributed by atoms with E-state index in [9.17, 15) is 4.79 Å². The molecule has 0 radical (unpaired) electrons. The predicted molar refractivity (Wildman–Crippen MR) is 107 cm³/mol. The first-order chi connectivity index (χ1) is 13.2. The van der Waals surface area contributed by atoms with E-state index in [1.807, 2.05) is 23.6 Å². The Morgan fingerprint density at radius 1 is 1.26 bits per heavy atom. The third-order valence-electron chi connectivity index (χ3n) is 4.25. The number of hydrogen-bond donors (Lipinski definition) is 0. The zero-order valence-electron chi connectivity index (χ0n) is 14.2. The second-order valence-electron chi connectivity index (χ2n) is 5.97. The lowest BCUT2D eigenvalue weighted by atomic mass is 10.1. The summed E-state index contributed by atoms with van der Waals surface area (Å²) in [6.45, 7) is 0.417. The van der Waals surface area contributed by atoms with Crippen LogP contribution < -0.4 is 5.56 Å². The number of rotatable bonds is 5. The van der Waals surface area contributed by atoms with Gasteiger partial charge in [-0.15, -0.1) is 11.3 Å². The Bertz CT molecular complexity index is 1190. The molecule has 0 saturated carbocycles. The summed E-state index contributed by atoms with van der Waals surface area (Å²) in [5.41, 5.74) is 1.42. The van der Waals surface area contributed by atoms with Crippen molar-refractivity contribution >= 4 is 33.2 Å². The number of nitriles is 1. The standard InChI is InChI=1S/C20H14ClN3O2S/c21-14-7-5-13(6-8-14)18-23-19-17(20(25)24(18)10-2-1-9-22)15(12-27-19)16-4-3-11-26-16/h3-8,11-12H,1-2,10H2. The first kappa shape index (κ1) is 17.5. The minimum atomic E-state index is -0.129. The topological polar surface area (TPSA) is 71.8 Å². The molecule has 3 heterocycles. The average Bonchev–Trinajstić information content (AvgIpc) is 3.33. The van der Waals surface area contributed by atoms with Gasteiger partial charge in [-0.2, -0.15) is 5.26 Å². The average molecular weight is 396 g/mol. The maximum Gasteiger partial charge on any atom is 0.263 e. The van der Waals surface area contributed by atoms with E-state index in [0.29, 0.717) is 46.2 Å². The van der Waals surface area contributed by atoms with Crippen LogP contribution in [0.2, 0.25) is 5.02 Å². The fraction of sp³-hybridized carbons (Fsp3) is 0.150. The Morgan fingerprint density at radius 3 is 2.78 bits per heavy atom. The van der Waals surface area contributed by atoms with Crippen molar-refractivity contribution in [2.24, 2.45) is 0 Å². The van der Waals surface area contributed by atoms with Gasteiger partial charge in [0.2, 0.25) is 0 Å². The largest absolute Gasteiger partial charge is 0.464 e.